The van der Waals surface area contributed by atoms with Gasteiger partial charge in [0, 0.05) is 16.9 Å². The van der Waals surface area contributed by atoms with E-state index in [9.17, 15) is 13.6 Å². The number of hydrogen-bond donors (Lipinski definition) is 1. The zero-order chi connectivity index (χ0) is 14.5. The van der Waals surface area contributed by atoms with E-state index in [0.29, 0.717) is 5.56 Å². The topological polar surface area (TPSA) is 38.3 Å². The van der Waals surface area contributed by atoms with Crippen molar-refractivity contribution in [3.63, 3.8) is 0 Å². The number of rotatable bonds is 5. The molecule has 0 saturated carbocycles. The molecule has 0 heterocycles. The average molecular weight is 277 g/mol. The number of anilines is 2. The summed E-state index contributed by atoms with van der Waals surface area (Å²) in [6, 6.07) is 13.2. The van der Waals surface area contributed by atoms with Crippen molar-refractivity contribution in [3.05, 3.63) is 54.1 Å². The minimum Gasteiger partial charge on any atom is -0.435 e. The Morgan fingerprint density at radius 2 is 1.50 bits per heavy atom. The number of nitrogens with one attached hydrogen (secondary N) is 1. The van der Waals surface area contributed by atoms with Crippen LogP contribution in [0.3, 0.4) is 0 Å². The van der Waals surface area contributed by atoms with Gasteiger partial charge in [-0.25, -0.2) is 0 Å². The number of ketones is 1. The maximum Gasteiger partial charge on any atom is 0.387 e. The molecule has 2 aromatic rings. The van der Waals surface area contributed by atoms with Crippen LogP contribution in [0.2, 0.25) is 0 Å². The Kier molecular flexibility index (Phi) is 4.30. The number of hydrogen-bond acceptors (Lipinski definition) is 3. The van der Waals surface area contributed by atoms with Gasteiger partial charge in [-0.05, 0) is 55.5 Å². The number of benzene rings is 2. The number of halogens is 2. The van der Waals surface area contributed by atoms with Crippen LogP contribution >= 0.6 is 0 Å². The highest BCUT2D eigenvalue weighted by Gasteiger charge is 2.04. The molecule has 0 aliphatic carbocycles. The molecule has 0 bridgehead atoms. The molecule has 0 radical (unpaired) electrons. The molecule has 0 spiro atoms. The number of alkyl halides is 2. The van der Waals surface area contributed by atoms with Gasteiger partial charge in [0.2, 0.25) is 0 Å². The van der Waals surface area contributed by atoms with Crippen LogP contribution in [0.25, 0.3) is 0 Å². The van der Waals surface area contributed by atoms with E-state index >= 15 is 0 Å². The molecule has 0 amide bonds. The monoisotopic (exact) mass is 277 g/mol. The highest BCUT2D eigenvalue weighted by molar-refractivity contribution is 5.94. The summed E-state index contributed by atoms with van der Waals surface area (Å²) < 4.78 is 28.3. The molecule has 1 N–H and O–H groups in total. The summed E-state index contributed by atoms with van der Waals surface area (Å²) in [6.45, 7) is -1.32. The number of ether oxygens (including phenoxy) is 1. The summed E-state index contributed by atoms with van der Waals surface area (Å²) in [5.74, 6) is 0.113. The summed E-state index contributed by atoms with van der Waals surface area (Å²) in [5, 5.41) is 3.10. The quantitative estimate of drug-likeness (QED) is 0.831. The smallest absolute Gasteiger partial charge is 0.387 e. The third-order valence-corrected chi connectivity index (χ3v) is 2.66. The van der Waals surface area contributed by atoms with E-state index in [0.717, 1.165) is 11.4 Å². The van der Waals surface area contributed by atoms with Crippen molar-refractivity contribution in [1.82, 2.24) is 0 Å². The summed E-state index contributed by atoms with van der Waals surface area (Å²) >= 11 is 0. The molecule has 0 atom stereocenters. The zero-order valence-electron chi connectivity index (χ0n) is 10.8. The lowest BCUT2D eigenvalue weighted by Crippen LogP contribution is -2.01. The molecule has 0 aliphatic rings. The molecule has 0 saturated heterocycles. The molecular weight excluding hydrogens is 264 g/mol. The van der Waals surface area contributed by atoms with E-state index in [-0.39, 0.29) is 11.5 Å². The van der Waals surface area contributed by atoms with Gasteiger partial charge in [0.05, 0.1) is 0 Å². The van der Waals surface area contributed by atoms with Gasteiger partial charge in [-0.2, -0.15) is 8.78 Å². The predicted octanol–water partition coefficient (Wildman–Crippen LogP) is 4.23. The first kappa shape index (κ1) is 14.0. The first-order valence-corrected chi connectivity index (χ1v) is 5.97. The Morgan fingerprint density at radius 3 is 1.95 bits per heavy atom. The normalized spacial score (nSPS) is 10.4. The van der Waals surface area contributed by atoms with Crippen LogP contribution in [0.15, 0.2) is 48.5 Å². The zero-order valence-corrected chi connectivity index (χ0v) is 10.8. The summed E-state index contributed by atoms with van der Waals surface area (Å²) in [7, 11) is 0. The first-order chi connectivity index (χ1) is 9.54. The van der Waals surface area contributed by atoms with Crippen LogP contribution < -0.4 is 10.1 Å². The van der Waals surface area contributed by atoms with Crippen molar-refractivity contribution in [3.8, 4) is 5.75 Å². The number of carbonyl (C=O) groups is 1. The van der Waals surface area contributed by atoms with Gasteiger partial charge in [-0.3, -0.25) is 4.79 Å². The fraction of sp³-hybridized carbons (Fsp3) is 0.133. The van der Waals surface area contributed by atoms with Gasteiger partial charge >= 0.3 is 6.61 Å². The van der Waals surface area contributed by atoms with Gasteiger partial charge in [0.25, 0.3) is 0 Å². The van der Waals surface area contributed by atoms with Crippen LogP contribution in [0.4, 0.5) is 20.2 Å². The lowest BCUT2D eigenvalue weighted by Gasteiger charge is -2.08. The molecule has 104 valence electrons. The predicted molar refractivity (Wildman–Crippen MR) is 72.8 cm³/mol. The van der Waals surface area contributed by atoms with Crippen LogP contribution in [-0.4, -0.2) is 12.4 Å². The first-order valence-electron chi connectivity index (χ1n) is 5.97. The lowest BCUT2D eigenvalue weighted by molar-refractivity contribution is -0.0498. The van der Waals surface area contributed by atoms with Crippen molar-refractivity contribution < 1.29 is 18.3 Å². The second kappa shape index (κ2) is 6.14. The Bertz CT molecular complexity index is 580. The minimum absolute atomic E-state index is 0.00468. The number of carbonyl (C=O) groups excluding carboxylic acids is 1. The summed E-state index contributed by atoms with van der Waals surface area (Å²) in [5.41, 5.74) is 2.18. The summed E-state index contributed by atoms with van der Waals surface area (Å²) in [6.07, 6.45) is 0. The molecular formula is C15H13F2NO2. The third-order valence-electron chi connectivity index (χ3n) is 2.66. The van der Waals surface area contributed by atoms with E-state index in [4.69, 9.17) is 0 Å². The van der Waals surface area contributed by atoms with E-state index in [1.165, 1.54) is 19.1 Å². The van der Waals surface area contributed by atoms with Crippen molar-refractivity contribution >= 4 is 17.2 Å². The molecule has 2 aromatic carbocycles. The third kappa shape index (κ3) is 3.78. The molecule has 0 aliphatic heterocycles. The maximum atomic E-state index is 12.0. The van der Waals surface area contributed by atoms with Crippen molar-refractivity contribution in [2.24, 2.45) is 0 Å². The lowest BCUT2D eigenvalue weighted by atomic mass is 10.1. The molecule has 20 heavy (non-hydrogen) atoms. The Labute approximate surface area is 115 Å². The van der Waals surface area contributed by atoms with E-state index in [1.807, 2.05) is 0 Å². The number of Topliss-reactive ketones (excluding diaryl/α,β-unsaturated/α-hetero) is 1. The highest BCUT2D eigenvalue weighted by Crippen LogP contribution is 2.21. The largest absolute Gasteiger partial charge is 0.435 e. The van der Waals surface area contributed by atoms with Gasteiger partial charge in [0.1, 0.15) is 5.75 Å². The Balaban J connectivity index is 2.04. The SMILES string of the molecule is CC(=O)c1ccc(Nc2ccc(OC(F)F)cc2)cc1. The molecule has 5 heteroatoms. The van der Waals surface area contributed by atoms with Crippen molar-refractivity contribution in [2.75, 3.05) is 5.32 Å². The fourth-order valence-corrected chi connectivity index (χ4v) is 1.67. The molecule has 0 unspecified atom stereocenters. The molecule has 0 fully saturated rings. The molecule has 0 aromatic heterocycles. The molecule has 3 nitrogen and oxygen atoms in total. The maximum absolute atomic E-state index is 12.0. The van der Waals surface area contributed by atoms with Crippen LogP contribution in [0, 0.1) is 0 Å². The van der Waals surface area contributed by atoms with Crippen LogP contribution in [0.5, 0.6) is 5.75 Å². The van der Waals surface area contributed by atoms with Crippen molar-refractivity contribution in [2.45, 2.75) is 13.5 Å². The standard InChI is InChI=1S/C15H13F2NO2/c1-10(19)11-2-4-12(5-3-11)18-13-6-8-14(9-7-13)20-15(16)17/h2-9,15,18H,1H3. The van der Waals surface area contributed by atoms with E-state index in [2.05, 4.69) is 10.1 Å². The highest BCUT2D eigenvalue weighted by atomic mass is 19.3. The van der Waals surface area contributed by atoms with E-state index < -0.39 is 6.61 Å². The van der Waals surface area contributed by atoms with Gasteiger partial charge in [-0.1, -0.05) is 0 Å². The van der Waals surface area contributed by atoms with Crippen LogP contribution in [0.1, 0.15) is 17.3 Å². The Morgan fingerprint density at radius 1 is 1.00 bits per heavy atom. The second-order valence-electron chi connectivity index (χ2n) is 4.16. The fourth-order valence-electron chi connectivity index (χ4n) is 1.67. The minimum atomic E-state index is -2.83. The second-order valence-corrected chi connectivity index (χ2v) is 4.16. The van der Waals surface area contributed by atoms with Gasteiger partial charge in [-0.15, -0.1) is 0 Å². The average Bonchev–Trinajstić information content (AvgIpc) is 2.41. The van der Waals surface area contributed by atoms with Crippen LogP contribution in [-0.2, 0) is 0 Å². The molecule has 2 rings (SSSR count). The van der Waals surface area contributed by atoms with Crippen molar-refractivity contribution in [1.29, 1.82) is 0 Å². The van der Waals surface area contributed by atoms with Gasteiger partial charge in [0.15, 0.2) is 5.78 Å². The summed E-state index contributed by atoms with van der Waals surface area (Å²) in [4.78, 5) is 11.1. The van der Waals surface area contributed by atoms with Gasteiger partial charge < -0.3 is 10.1 Å². The van der Waals surface area contributed by atoms with E-state index in [1.54, 1.807) is 36.4 Å². The Hall–Kier alpha value is -2.43.